The van der Waals surface area contributed by atoms with E-state index in [0.717, 1.165) is 31.8 Å². The number of hydrogen-bond donors (Lipinski definition) is 0. The van der Waals surface area contributed by atoms with Gasteiger partial charge in [-0.15, -0.1) is 0 Å². The Balaban J connectivity index is 1.62. The third-order valence-electron chi connectivity index (χ3n) is 5.91. The van der Waals surface area contributed by atoms with Crippen LogP contribution in [0.2, 0.25) is 0 Å². The van der Waals surface area contributed by atoms with Crippen molar-refractivity contribution in [2.45, 2.75) is 97.5 Å². The van der Waals surface area contributed by atoms with Gasteiger partial charge in [-0.25, -0.2) is 0 Å². The molecule has 0 aliphatic heterocycles. The molecule has 1 unspecified atom stereocenters. The Morgan fingerprint density at radius 2 is 1.10 bits per heavy atom. The molecule has 2 rings (SSSR count). The van der Waals surface area contributed by atoms with Gasteiger partial charge in [-0.1, -0.05) is 108 Å². The zero-order chi connectivity index (χ0) is 22.2. The number of rotatable bonds is 17. The van der Waals surface area contributed by atoms with Crippen molar-refractivity contribution < 1.29 is 9.47 Å². The van der Waals surface area contributed by atoms with E-state index in [0.29, 0.717) is 0 Å². The molecule has 2 aromatic rings. The van der Waals surface area contributed by atoms with Crippen molar-refractivity contribution in [3.05, 3.63) is 54.1 Å². The van der Waals surface area contributed by atoms with Gasteiger partial charge in [-0.05, 0) is 48.6 Å². The van der Waals surface area contributed by atoms with Gasteiger partial charge in [-0.2, -0.15) is 0 Å². The lowest BCUT2D eigenvalue weighted by Gasteiger charge is -2.13. The molecule has 31 heavy (non-hydrogen) atoms. The summed E-state index contributed by atoms with van der Waals surface area (Å²) in [6.45, 7) is 8.16. The summed E-state index contributed by atoms with van der Waals surface area (Å²) in [5, 5.41) is 0. The molecule has 1 atom stereocenters. The lowest BCUT2D eigenvalue weighted by atomic mass is 10.0. The van der Waals surface area contributed by atoms with Crippen molar-refractivity contribution in [1.29, 1.82) is 0 Å². The highest BCUT2D eigenvalue weighted by molar-refractivity contribution is 5.64. The van der Waals surface area contributed by atoms with E-state index < -0.39 is 0 Å². The second-order valence-corrected chi connectivity index (χ2v) is 8.69. The number of ether oxygens (including phenoxy) is 2. The fourth-order valence-electron chi connectivity index (χ4n) is 3.86. The highest BCUT2D eigenvalue weighted by Gasteiger charge is 2.06. The smallest absolute Gasteiger partial charge is 0.119 e. The van der Waals surface area contributed by atoms with E-state index in [1.807, 2.05) is 0 Å². The maximum Gasteiger partial charge on any atom is 0.119 e. The molecule has 0 aromatic heterocycles. The topological polar surface area (TPSA) is 18.5 Å². The number of unbranched alkanes of at least 4 members (excludes halogenated alkanes) is 9. The van der Waals surface area contributed by atoms with Crippen molar-refractivity contribution in [3.63, 3.8) is 0 Å². The summed E-state index contributed by atoms with van der Waals surface area (Å²) >= 11 is 0. The first-order valence-corrected chi connectivity index (χ1v) is 12.7. The molecule has 0 aliphatic carbocycles. The van der Waals surface area contributed by atoms with Crippen LogP contribution < -0.4 is 4.74 Å². The summed E-state index contributed by atoms with van der Waals surface area (Å²) < 4.78 is 11.8. The normalized spacial score (nSPS) is 12.1. The molecule has 0 saturated carbocycles. The maximum absolute atomic E-state index is 5.94. The van der Waals surface area contributed by atoms with Crippen molar-refractivity contribution in [2.24, 2.45) is 0 Å². The van der Waals surface area contributed by atoms with Crippen LogP contribution in [0.4, 0.5) is 0 Å². The van der Waals surface area contributed by atoms with Crippen LogP contribution in [-0.2, 0) is 4.74 Å². The first-order valence-electron chi connectivity index (χ1n) is 12.7. The molecule has 0 aliphatic rings. The van der Waals surface area contributed by atoms with Crippen LogP contribution in [-0.4, -0.2) is 13.2 Å². The maximum atomic E-state index is 5.94. The first-order chi connectivity index (χ1) is 15.2. The molecular formula is C29H44O2. The molecule has 0 saturated heterocycles. The highest BCUT2D eigenvalue weighted by atomic mass is 16.5. The van der Waals surface area contributed by atoms with E-state index in [2.05, 4.69) is 69.3 Å². The summed E-state index contributed by atoms with van der Waals surface area (Å²) in [7, 11) is 0. The van der Waals surface area contributed by atoms with Gasteiger partial charge in [0.2, 0.25) is 0 Å². The van der Waals surface area contributed by atoms with E-state index in [1.165, 1.54) is 74.5 Å². The van der Waals surface area contributed by atoms with Gasteiger partial charge in [0.05, 0.1) is 12.7 Å². The second-order valence-electron chi connectivity index (χ2n) is 8.69. The molecule has 0 spiro atoms. The molecule has 2 heteroatoms. The molecule has 2 aromatic carbocycles. The minimum atomic E-state index is 0.149. The van der Waals surface area contributed by atoms with Gasteiger partial charge in [0, 0.05) is 6.61 Å². The van der Waals surface area contributed by atoms with Crippen molar-refractivity contribution in [1.82, 2.24) is 0 Å². The van der Waals surface area contributed by atoms with Crippen LogP contribution in [0.25, 0.3) is 11.1 Å². The molecular weight excluding hydrogens is 380 g/mol. The average molecular weight is 425 g/mol. The third kappa shape index (κ3) is 10.4. The molecule has 0 N–H and O–H groups in total. The Morgan fingerprint density at radius 3 is 1.65 bits per heavy atom. The summed E-state index contributed by atoms with van der Waals surface area (Å²) in [6.07, 6.45) is 14.7. The van der Waals surface area contributed by atoms with Crippen LogP contribution in [0.15, 0.2) is 48.5 Å². The van der Waals surface area contributed by atoms with Crippen molar-refractivity contribution >= 4 is 0 Å². The van der Waals surface area contributed by atoms with Crippen LogP contribution in [0.3, 0.4) is 0 Å². The largest absolute Gasteiger partial charge is 0.494 e. The van der Waals surface area contributed by atoms with Gasteiger partial charge >= 0.3 is 0 Å². The fraction of sp³-hybridized carbons (Fsp3) is 0.586. The second kappa shape index (κ2) is 15.9. The zero-order valence-electron chi connectivity index (χ0n) is 20.2. The third-order valence-corrected chi connectivity index (χ3v) is 5.91. The molecule has 2 nitrogen and oxygen atoms in total. The predicted octanol–water partition coefficient (Wildman–Crippen LogP) is 9.14. The molecule has 0 amide bonds. The van der Waals surface area contributed by atoms with Gasteiger partial charge in [-0.3, -0.25) is 0 Å². The molecule has 172 valence electrons. The lowest BCUT2D eigenvalue weighted by Crippen LogP contribution is -2.00. The van der Waals surface area contributed by atoms with Gasteiger partial charge in [0.25, 0.3) is 0 Å². The van der Waals surface area contributed by atoms with Gasteiger partial charge in [0.15, 0.2) is 0 Å². The van der Waals surface area contributed by atoms with Gasteiger partial charge in [0.1, 0.15) is 5.75 Å². The van der Waals surface area contributed by atoms with Crippen LogP contribution >= 0.6 is 0 Å². The Bertz CT molecular complexity index is 675. The van der Waals surface area contributed by atoms with Crippen LogP contribution in [0.1, 0.15) is 103 Å². The van der Waals surface area contributed by atoms with Crippen LogP contribution in [0.5, 0.6) is 5.75 Å². The van der Waals surface area contributed by atoms with Crippen molar-refractivity contribution in [3.8, 4) is 16.9 Å². The van der Waals surface area contributed by atoms with Crippen LogP contribution in [0, 0.1) is 0 Å². The fourth-order valence-corrected chi connectivity index (χ4v) is 3.86. The van der Waals surface area contributed by atoms with E-state index >= 15 is 0 Å². The molecule has 0 bridgehead atoms. The van der Waals surface area contributed by atoms with Gasteiger partial charge < -0.3 is 9.47 Å². The Labute approximate surface area is 191 Å². The zero-order valence-corrected chi connectivity index (χ0v) is 20.2. The van der Waals surface area contributed by atoms with E-state index in [9.17, 15) is 0 Å². The van der Waals surface area contributed by atoms with E-state index in [1.54, 1.807) is 0 Å². The van der Waals surface area contributed by atoms with E-state index in [4.69, 9.17) is 9.47 Å². The highest BCUT2D eigenvalue weighted by Crippen LogP contribution is 2.25. The number of hydrogen-bond acceptors (Lipinski definition) is 2. The molecule has 0 fully saturated rings. The summed E-state index contributed by atoms with van der Waals surface area (Å²) in [4.78, 5) is 0. The lowest BCUT2D eigenvalue weighted by molar-refractivity contribution is 0.0663. The first kappa shape index (κ1) is 25.5. The minimum absolute atomic E-state index is 0.149. The van der Waals surface area contributed by atoms with E-state index in [-0.39, 0.29) is 6.10 Å². The standard InChI is InChI=1S/C29H44O2/c1-4-6-7-8-9-10-11-12-13-14-24-31-29-21-19-28(20-22-29)27-17-15-26(16-18-27)25(3)30-23-5-2/h15-22,25H,4-14,23-24H2,1-3H3. The Hall–Kier alpha value is -1.80. The monoisotopic (exact) mass is 424 g/mol. The van der Waals surface area contributed by atoms with Crippen molar-refractivity contribution in [2.75, 3.05) is 13.2 Å². The quantitative estimate of drug-likeness (QED) is 0.236. The summed E-state index contributed by atoms with van der Waals surface area (Å²) in [6, 6.07) is 17.2. The molecule has 0 heterocycles. The SMILES string of the molecule is CCCCCCCCCCCCOc1ccc(-c2ccc(C(C)OCCC)cc2)cc1. The Morgan fingerprint density at radius 1 is 0.581 bits per heavy atom. The number of benzene rings is 2. The molecule has 0 radical (unpaired) electrons. The average Bonchev–Trinajstić information content (AvgIpc) is 2.81. The predicted molar refractivity (Wildman–Crippen MR) is 134 cm³/mol. The Kier molecular flexibility index (Phi) is 13.1. The summed E-state index contributed by atoms with van der Waals surface area (Å²) in [5.41, 5.74) is 3.68. The summed E-state index contributed by atoms with van der Waals surface area (Å²) in [5.74, 6) is 0.970. The minimum Gasteiger partial charge on any atom is -0.494 e.